The van der Waals surface area contributed by atoms with E-state index >= 15 is 0 Å². The predicted octanol–water partition coefficient (Wildman–Crippen LogP) is 4.97. The number of benzene rings is 2. The maximum absolute atomic E-state index is 12.9. The molecule has 0 atom stereocenters. The van der Waals surface area contributed by atoms with Crippen molar-refractivity contribution in [3.63, 3.8) is 0 Å². The number of hydrogen-bond donors (Lipinski definition) is 2. The molecule has 1 amide bonds. The summed E-state index contributed by atoms with van der Waals surface area (Å²) in [6.45, 7) is 8.28. The number of carbonyl (C=O) groups is 1. The fourth-order valence-corrected chi connectivity index (χ4v) is 3.73. The second kappa shape index (κ2) is 9.28. The summed E-state index contributed by atoms with van der Waals surface area (Å²) < 4.78 is 5.68. The van der Waals surface area contributed by atoms with Crippen LogP contribution >= 0.6 is 0 Å². The molecule has 0 radical (unpaired) electrons. The Labute approximate surface area is 180 Å². The number of amides is 1. The first-order chi connectivity index (χ1) is 14.2. The highest BCUT2D eigenvalue weighted by atomic mass is 16.6. The van der Waals surface area contributed by atoms with Gasteiger partial charge in [0.05, 0.1) is 0 Å². The lowest BCUT2D eigenvalue weighted by atomic mass is 9.95. The quantitative estimate of drug-likeness (QED) is 0.681. The highest BCUT2D eigenvalue weighted by Crippen LogP contribution is 2.28. The molecule has 0 unspecified atom stereocenters. The van der Waals surface area contributed by atoms with Crippen molar-refractivity contribution in [3.05, 3.63) is 48.5 Å². The molecule has 162 valence electrons. The molecule has 0 spiro atoms. The van der Waals surface area contributed by atoms with Crippen LogP contribution in [0.25, 0.3) is 0 Å². The molecule has 2 aromatic rings. The first-order valence-corrected chi connectivity index (χ1v) is 10.6. The molecule has 1 saturated heterocycles. The van der Waals surface area contributed by atoms with E-state index in [9.17, 15) is 4.79 Å². The Kier molecular flexibility index (Phi) is 6.75. The molecule has 30 heavy (non-hydrogen) atoms. The number of hydrogen-bond acceptors (Lipinski definition) is 5. The number of ether oxygens (including phenoxy) is 1. The van der Waals surface area contributed by atoms with Crippen LogP contribution in [0.2, 0.25) is 0 Å². The average Bonchev–Trinajstić information content (AvgIpc) is 2.72. The van der Waals surface area contributed by atoms with E-state index < -0.39 is 5.60 Å². The van der Waals surface area contributed by atoms with Gasteiger partial charge in [-0.05, 0) is 88.1 Å². The predicted molar refractivity (Wildman–Crippen MR) is 125 cm³/mol. The summed E-state index contributed by atoms with van der Waals surface area (Å²) in [5, 5.41) is 3.16. The highest BCUT2D eigenvalue weighted by Gasteiger charge is 2.28. The van der Waals surface area contributed by atoms with Gasteiger partial charge in [0.25, 0.3) is 0 Å². The van der Waals surface area contributed by atoms with Crippen molar-refractivity contribution in [1.29, 1.82) is 0 Å². The number of piperidine rings is 1. The van der Waals surface area contributed by atoms with Gasteiger partial charge in [0, 0.05) is 49.4 Å². The van der Waals surface area contributed by atoms with Crippen LogP contribution in [0.5, 0.6) is 0 Å². The number of nitrogens with two attached hydrogens (primary N) is 1. The van der Waals surface area contributed by atoms with Crippen molar-refractivity contribution in [3.8, 4) is 0 Å². The van der Waals surface area contributed by atoms with Crippen LogP contribution in [0.4, 0.5) is 27.5 Å². The third kappa shape index (κ3) is 5.81. The Morgan fingerprint density at radius 3 is 2.23 bits per heavy atom. The zero-order valence-electron chi connectivity index (χ0n) is 18.5. The second-order valence-corrected chi connectivity index (χ2v) is 8.91. The molecule has 0 bridgehead atoms. The largest absolute Gasteiger partial charge is 0.443 e. The summed E-state index contributed by atoms with van der Waals surface area (Å²) in [6.07, 6.45) is 1.75. The molecule has 3 rings (SSSR count). The van der Waals surface area contributed by atoms with E-state index in [4.69, 9.17) is 10.5 Å². The molecular formula is C24H34N4O2. The van der Waals surface area contributed by atoms with Crippen molar-refractivity contribution < 1.29 is 9.53 Å². The summed E-state index contributed by atoms with van der Waals surface area (Å²) in [5.74, 6) is 0.419. The average molecular weight is 411 g/mol. The van der Waals surface area contributed by atoms with Gasteiger partial charge in [0.1, 0.15) is 5.60 Å². The zero-order chi connectivity index (χ0) is 21.7. The number of carbonyl (C=O) groups excluding carboxylic acids is 1. The minimum Gasteiger partial charge on any atom is -0.443 e. The number of nitrogen functional groups attached to an aromatic ring is 1. The second-order valence-electron chi connectivity index (χ2n) is 8.91. The Bertz CT molecular complexity index is 820. The Morgan fingerprint density at radius 2 is 1.70 bits per heavy atom. The summed E-state index contributed by atoms with van der Waals surface area (Å²) in [5.41, 5.74) is 9.16. The number of nitrogens with one attached hydrogen (secondary N) is 1. The summed E-state index contributed by atoms with van der Waals surface area (Å²) in [4.78, 5) is 17.1. The van der Waals surface area contributed by atoms with Crippen LogP contribution in [-0.4, -0.2) is 38.4 Å². The highest BCUT2D eigenvalue weighted by molar-refractivity contribution is 5.88. The molecule has 0 saturated carbocycles. The lowest BCUT2D eigenvalue weighted by molar-refractivity contribution is 0.0573. The lowest BCUT2D eigenvalue weighted by Gasteiger charge is -2.36. The van der Waals surface area contributed by atoms with Gasteiger partial charge >= 0.3 is 6.09 Å². The van der Waals surface area contributed by atoms with Gasteiger partial charge in [0.2, 0.25) is 0 Å². The van der Waals surface area contributed by atoms with Crippen LogP contribution in [-0.2, 0) is 4.74 Å². The number of nitrogens with zero attached hydrogens (tertiary/aromatic N) is 2. The summed E-state index contributed by atoms with van der Waals surface area (Å²) >= 11 is 0. The smallest absolute Gasteiger partial charge is 0.414 e. The lowest BCUT2D eigenvalue weighted by Crippen LogP contribution is -2.43. The first kappa shape index (κ1) is 21.8. The third-order valence-corrected chi connectivity index (χ3v) is 5.40. The molecular weight excluding hydrogens is 376 g/mol. The van der Waals surface area contributed by atoms with Crippen LogP contribution < -0.4 is 20.9 Å². The Morgan fingerprint density at radius 1 is 1.10 bits per heavy atom. The van der Waals surface area contributed by atoms with Crippen molar-refractivity contribution >= 4 is 28.8 Å². The molecule has 1 aliphatic heterocycles. The first-order valence-electron chi connectivity index (χ1n) is 10.6. The maximum Gasteiger partial charge on any atom is 0.414 e. The van der Waals surface area contributed by atoms with Gasteiger partial charge in [-0.3, -0.25) is 4.90 Å². The minimum atomic E-state index is -0.536. The molecule has 1 aliphatic rings. The molecule has 3 N–H and O–H groups in total. The standard InChI is InChI=1S/C24H34N4O2/c1-24(2,3)30-23(29)28(22-9-5-19(25)6-10-22)17-18-13-15-27(16-14-18)21-11-7-20(26-4)8-12-21/h5-12,18,26H,13-17,25H2,1-4H3. The van der Waals surface area contributed by atoms with Crippen LogP contribution in [0.15, 0.2) is 48.5 Å². The van der Waals surface area contributed by atoms with E-state index in [-0.39, 0.29) is 6.09 Å². The number of anilines is 4. The third-order valence-electron chi connectivity index (χ3n) is 5.40. The molecule has 6 heteroatoms. The SMILES string of the molecule is CNc1ccc(N2CCC(CN(C(=O)OC(C)(C)C)c3ccc(N)cc3)CC2)cc1. The summed E-state index contributed by atoms with van der Waals surface area (Å²) in [6, 6.07) is 15.9. The van der Waals surface area contributed by atoms with E-state index in [1.165, 1.54) is 5.69 Å². The fraction of sp³-hybridized carbons (Fsp3) is 0.458. The van der Waals surface area contributed by atoms with Gasteiger partial charge in [-0.2, -0.15) is 0 Å². The molecule has 0 aliphatic carbocycles. The molecule has 1 fully saturated rings. The Balaban J connectivity index is 1.66. The van der Waals surface area contributed by atoms with E-state index in [0.717, 1.165) is 37.3 Å². The van der Waals surface area contributed by atoms with Gasteiger partial charge < -0.3 is 20.7 Å². The fourth-order valence-electron chi connectivity index (χ4n) is 3.73. The summed E-state index contributed by atoms with van der Waals surface area (Å²) in [7, 11) is 1.93. The normalized spacial score (nSPS) is 15.0. The van der Waals surface area contributed by atoms with Crippen LogP contribution in [0.3, 0.4) is 0 Å². The van der Waals surface area contributed by atoms with E-state index in [1.54, 1.807) is 4.90 Å². The van der Waals surface area contributed by atoms with Crippen molar-refractivity contribution in [2.24, 2.45) is 5.92 Å². The topological polar surface area (TPSA) is 70.8 Å². The minimum absolute atomic E-state index is 0.308. The van der Waals surface area contributed by atoms with Gasteiger partial charge in [-0.25, -0.2) is 4.79 Å². The van der Waals surface area contributed by atoms with E-state index in [2.05, 4.69) is 34.5 Å². The molecule has 2 aromatic carbocycles. The number of rotatable bonds is 5. The molecule has 0 aromatic heterocycles. The van der Waals surface area contributed by atoms with Gasteiger partial charge in [-0.1, -0.05) is 0 Å². The van der Waals surface area contributed by atoms with E-state index in [0.29, 0.717) is 18.2 Å². The Hall–Kier alpha value is -2.89. The monoisotopic (exact) mass is 410 g/mol. The van der Waals surface area contributed by atoms with Crippen LogP contribution in [0, 0.1) is 5.92 Å². The van der Waals surface area contributed by atoms with Crippen molar-refractivity contribution in [2.75, 3.05) is 47.5 Å². The van der Waals surface area contributed by atoms with Gasteiger partial charge in [0.15, 0.2) is 0 Å². The van der Waals surface area contributed by atoms with Gasteiger partial charge in [-0.15, -0.1) is 0 Å². The van der Waals surface area contributed by atoms with E-state index in [1.807, 2.05) is 52.1 Å². The van der Waals surface area contributed by atoms with Crippen LogP contribution in [0.1, 0.15) is 33.6 Å². The molecule has 6 nitrogen and oxygen atoms in total. The van der Waals surface area contributed by atoms with Crippen molar-refractivity contribution in [2.45, 2.75) is 39.2 Å². The van der Waals surface area contributed by atoms with Crippen molar-refractivity contribution in [1.82, 2.24) is 0 Å². The maximum atomic E-state index is 12.9. The zero-order valence-corrected chi connectivity index (χ0v) is 18.5. The molecule has 1 heterocycles.